The molecular formula is C14H19N3O3. The van der Waals surface area contributed by atoms with Gasteiger partial charge in [0.25, 0.3) is 0 Å². The number of carbonyl (C=O) groups is 2. The number of aliphatic carboxylic acids is 1. The molecule has 1 aliphatic heterocycles. The molecule has 2 amide bonds. The topological polar surface area (TPSA) is 82.5 Å². The summed E-state index contributed by atoms with van der Waals surface area (Å²) in [5, 5.41) is 11.8. The Balaban J connectivity index is 2.02. The number of aryl methyl sites for hydroxylation is 2. The SMILES string of the molecule is Cc1cc(C)nc(NC(=O)N2CCCC(C(=O)O)C2)c1. The Morgan fingerprint density at radius 1 is 1.40 bits per heavy atom. The van der Waals surface area contributed by atoms with Crippen LogP contribution in [-0.4, -0.2) is 40.1 Å². The summed E-state index contributed by atoms with van der Waals surface area (Å²) < 4.78 is 0. The van der Waals surface area contributed by atoms with Crippen LogP contribution in [0.5, 0.6) is 0 Å². The minimum atomic E-state index is -0.841. The van der Waals surface area contributed by atoms with Gasteiger partial charge in [0.05, 0.1) is 5.92 Å². The van der Waals surface area contributed by atoms with Gasteiger partial charge in [0.1, 0.15) is 5.82 Å². The molecule has 2 rings (SSSR count). The lowest BCUT2D eigenvalue weighted by Gasteiger charge is -2.30. The molecule has 0 saturated carbocycles. The van der Waals surface area contributed by atoms with Crippen LogP contribution in [-0.2, 0) is 4.79 Å². The van der Waals surface area contributed by atoms with Crippen LogP contribution in [0.3, 0.4) is 0 Å². The molecule has 0 bridgehead atoms. The molecule has 108 valence electrons. The number of urea groups is 1. The zero-order valence-corrected chi connectivity index (χ0v) is 11.7. The van der Waals surface area contributed by atoms with Crippen LogP contribution < -0.4 is 5.32 Å². The number of nitrogens with zero attached hydrogens (tertiary/aromatic N) is 2. The molecule has 1 aromatic rings. The molecule has 1 atom stereocenters. The molecule has 20 heavy (non-hydrogen) atoms. The van der Waals surface area contributed by atoms with E-state index < -0.39 is 11.9 Å². The van der Waals surface area contributed by atoms with E-state index in [1.807, 2.05) is 19.9 Å². The maximum absolute atomic E-state index is 12.1. The summed E-state index contributed by atoms with van der Waals surface area (Å²) in [7, 11) is 0. The second kappa shape index (κ2) is 5.90. The van der Waals surface area contributed by atoms with Gasteiger partial charge < -0.3 is 10.0 Å². The van der Waals surface area contributed by atoms with Crippen LogP contribution in [0.1, 0.15) is 24.1 Å². The highest BCUT2D eigenvalue weighted by Crippen LogP contribution is 2.18. The Morgan fingerprint density at radius 2 is 2.15 bits per heavy atom. The summed E-state index contributed by atoms with van der Waals surface area (Å²) >= 11 is 0. The number of amides is 2. The van der Waals surface area contributed by atoms with Crippen molar-refractivity contribution in [2.24, 2.45) is 5.92 Å². The number of hydrogen-bond acceptors (Lipinski definition) is 3. The summed E-state index contributed by atoms with van der Waals surface area (Å²) in [6.45, 7) is 4.64. The molecule has 1 unspecified atom stereocenters. The third-order valence-electron chi connectivity index (χ3n) is 3.39. The Bertz CT molecular complexity index is 510. The van der Waals surface area contributed by atoms with Gasteiger partial charge in [-0.15, -0.1) is 0 Å². The third kappa shape index (κ3) is 3.46. The highest BCUT2D eigenvalue weighted by atomic mass is 16.4. The third-order valence-corrected chi connectivity index (χ3v) is 3.39. The second-order valence-electron chi connectivity index (χ2n) is 5.22. The normalized spacial score (nSPS) is 18.7. The van der Waals surface area contributed by atoms with Crippen molar-refractivity contribution < 1.29 is 14.7 Å². The Labute approximate surface area is 117 Å². The van der Waals surface area contributed by atoms with Gasteiger partial charge in [0.15, 0.2) is 0 Å². The van der Waals surface area contributed by atoms with Crippen molar-refractivity contribution in [2.75, 3.05) is 18.4 Å². The number of piperidine rings is 1. The van der Waals surface area contributed by atoms with Crippen LogP contribution >= 0.6 is 0 Å². The van der Waals surface area contributed by atoms with Gasteiger partial charge in [0.2, 0.25) is 0 Å². The zero-order chi connectivity index (χ0) is 14.7. The number of rotatable bonds is 2. The second-order valence-corrected chi connectivity index (χ2v) is 5.22. The van der Waals surface area contributed by atoms with E-state index in [0.29, 0.717) is 25.2 Å². The smallest absolute Gasteiger partial charge is 0.323 e. The summed E-state index contributed by atoms with van der Waals surface area (Å²) in [5.41, 5.74) is 1.86. The molecule has 1 aliphatic rings. The van der Waals surface area contributed by atoms with E-state index in [4.69, 9.17) is 5.11 Å². The van der Waals surface area contributed by atoms with Gasteiger partial charge in [-0.1, -0.05) is 0 Å². The molecule has 2 N–H and O–H groups in total. The Kier molecular flexibility index (Phi) is 4.22. The van der Waals surface area contributed by atoms with Crippen LogP contribution in [0.15, 0.2) is 12.1 Å². The number of likely N-dealkylation sites (tertiary alicyclic amines) is 1. The standard InChI is InChI=1S/C14H19N3O3/c1-9-6-10(2)15-12(7-9)16-14(20)17-5-3-4-11(8-17)13(18)19/h6-7,11H,3-5,8H2,1-2H3,(H,18,19)(H,15,16,20). The number of aromatic nitrogens is 1. The largest absolute Gasteiger partial charge is 0.481 e. The summed E-state index contributed by atoms with van der Waals surface area (Å²) in [5.74, 6) is -0.807. The summed E-state index contributed by atoms with van der Waals surface area (Å²) in [6, 6.07) is 3.44. The van der Waals surface area contributed by atoms with Gasteiger partial charge >= 0.3 is 12.0 Å². The van der Waals surface area contributed by atoms with Crippen molar-refractivity contribution in [1.29, 1.82) is 0 Å². The van der Waals surface area contributed by atoms with Gasteiger partial charge in [-0.3, -0.25) is 10.1 Å². The lowest BCUT2D eigenvalue weighted by Crippen LogP contribution is -2.44. The lowest BCUT2D eigenvalue weighted by atomic mass is 9.99. The first-order valence-corrected chi connectivity index (χ1v) is 6.70. The van der Waals surface area contributed by atoms with E-state index in [0.717, 1.165) is 11.3 Å². The van der Waals surface area contributed by atoms with Crippen LogP contribution in [0.2, 0.25) is 0 Å². The van der Waals surface area contributed by atoms with Crippen molar-refractivity contribution in [3.8, 4) is 0 Å². The van der Waals surface area contributed by atoms with E-state index in [-0.39, 0.29) is 12.6 Å². The van der Waals surface area contributed by atoms with Crippen molar-refractivity contribution in [3.63, 3.8) is 0 Å². The fourth-order valence-corrected chi connectivity index (χ4v) is 2.46. The number of hydrogen-bond donors (Lipinski definition) is 2. The molecule has 1 aromatic heterocycles. The van der Waals surface area contributed by atoms with Crippen molar-refractivity contribution in [2.45, 2.75) is 26.7 Å². The first kappa shape index (κ1) is 14.3. The maximum Gasteiger partial charge on any atom is 0.323 e. The molecular weight excluding hydrogens is 258 g/mol. The first-order valence-electron chi connectivity index (χ1n) is 6.70. The molecule has 0 aromatic carbocycles. The number of nitrogens with one attached hydrogen (secondary N) is 1. The fourth-order valence-electron chi connectivity index (χ4n) is 2.46. The van der Waals surface area contributed by atoms with Gasteiger partial charge in [-0.2, -0.15) is 0 Å². The number of anilines is 1. The van der Waals surface area contributed by atoms with Gasteiger partial charge in [-0.05, 0) is 44.4 Å². The maximum atomic E-state index is 12.1. The monoisotopic (exact) mass is 277 g/mol. The average Bonchev–Trinajstić information content (AvgIpc) is 2.37. The van der Waals surface area contributed by atoms with E-state index in [1.165, 1.54) is 0 Å². The molecule has 1 fully saturated rings. The number of carboxylic acids is 1. The molecule has 2 heterocycles. The summed E-state index contributed by atoms with van der Waals surface area (Å²) in [6.07, 6.45) is 1.34. The fraction of sp³-hybridized carbons (Fsp3) is 0.500. The van der Waals surface area contributed by atoms with E-state index in [2.05, 4.69) is 10.3 Å². The minimum Gasteiger partial charge on any atom is -0.481 e. The van der Waals surface area contributed by atoms with Gasteiger partial charge in [-0.25, -0.2) is 9.78 Å². The van der Waals surface area contributed by atoms with Crippen LogP contribution in [0.25, 0.3) is 0 Å². The molecule has 6 heteroatoms. The molecule has 0 radical (unpaired) electrons. The summed E-state index contributed by atoms with van der Waals surface area (Å²) in [4.78, 5) is 28.9. The molecule has 0 aliphatic carbocycles. The predicted molar refractivity (Wildman–Crippen MR) is 74.7 cm³/mol. The first-order chi connectivity index (χ1) is 9.45. The molecule has 1 saturated heterocycles. The van der Waals surface area contributed by atoms with Crippen molar-refractivity contribution in [1.82, 2.24) is 9.88 Å². The molecule has 0 spiro atoms. The van der Waals surface area contributed by atoms with E-state index in [1.54, 1.807) is 11.0 Å². The zero-order valence-electron chi connectivity index (χ0n) is 11.7. The average molecular weight is 277 g/mol. The van der Waals surface area contributed by atoms with E-state index >= 15 is 0 Å². The predicted octanol–water partition coefficient (Wildman–Crippen LogP) is 2.03. The quantitative estimate of drug-likeness (QED) is 0.866. The number of pyridine rings is 1. The molecule has 6 nitrogen and oxygen atoms in total. The Hall–Kier alpha value is -2.11. The number of carbonyl (C=O) groups excluding carboxylic acids is 1. The van der Waals surface area contributed by atoms with Crippen LogP contribution in [0, 0.1) is 19.8 Å². The van der Waals surface area contributed by atoms with E-state index in [9.17, 15) is 9.59 Å². The van der Waals surface area contributed by atoms with Gasteiger partial charge in [0, 0.05) is 18.8 Å². The van der Waals surface area contributed by atoms with Crippen LogP contribution in [0.4, 0.5) is 10.6 Å². The number of carboxylic acid groups (broad SMARTS) is 1. The van der Waals surface area contributed by atoms with Crippen molar-refractivity contribution >= 4 is 17.8 Å². The minimum absolute atomic E-state index is 0.256. The Morgan fingerprint density at radius 3 is 2.80 bits per heavy atom. The van der Waals surface area contributed by atoms with Crippen molar-refractivity contribution in [3.05, 3.63) is 23.4 Å². The highest BCUT2D eigenvalue weighted by Gasteiger charge is 2.28. The highest BCUT2D eigenvalue weighted by molar-refractivity contribution is 5.88. The lowest BCUT2D eigenvalue weighted by molar-refractivity contribution is -0.143.